The molecular formula is C34H43N3O2S. The largest absolute Gasteiger partial charge is 0.481 e. The average Bonchev–Trinajstić information content (AvgIpc) is 3.63. The summed E-state index contributed by atoms with van der Waals surface area (Å²) in [4.78, 5) is 23.5. The van der Waals surface area contributed by atoms with Crippen molar-refractivity contribution < 1.29 is 9.90 Å². The molecule has 0 radical (unpaired) electrons. The SMILES string of the molecule is O=C(O)CC1(N2CC(CN3CCC(c4ncc(Cc5ccccc5)s4)CC3)C(c3ccccc3)C2)CCCCC1. The molecule has 2 saturated heterocycles. The van der Waals surface area contributed by atoms with Gasteiger partial charge in [0.15, 0.2) is 0 Å². The molecule has 0 spiro atoms. The quantitative estimate of drug-likeness (QED) is 0.313. The Labute approximate surface area is 243 Å². The monoisotopic (exact) mass is 557 g/mol. The van der Waals surface area contributed by atoms with E-state index in [-0.39, 0.29) is 12.0 Å². The van der Waals surface area contributed by atoms with Crippen LogP contribution in [0.4, 0.5) is 0 Å². The Morgan fingerprint density at radius 3 is 2.35 bits per heavy atom. The molecule has 40 heavy (non-hydrogen) atoms. The molecule has 2 atom stereocenters. The van der Waals surface area contributed by atoms with Crippen molar-refractivity contribution in [2.75, 3.05) is 32.7 Å². The molecule has 1 N–H and O–H groups in total. The highest BCUT2D eigenvalue weighted by atomic mass is 32.1. The lowest BCUT2D eigenvalue weighted by Gasteiger charge is -2.44. The first-order chi connectivity index (χ1) is 19.6. The van der Waals surface area contributed by atoms with Gasteiger partial charge in [-0.3, -0.25) is 9.69 Å². The highest BCUT2D eigenvalue weighted by Gasteiger charge is 2.46. The first-order valence-corrected chi connectivity index (χ1v) is 16.1. The summed E-state index contributed by atoms with van der Waals surface area (Å²) < 4.78 is 0. The maximum atomic E-state index is 12.0. The maximum Gasteiger partial charge on any atom is 0.305 e. The molecule has 0 amide bonds. The summed E-state index contributed by atoms with van der Waals surface area (Å²) in [5, 5.41) is 11.2. The smallest absolute Gasteiger partial charge is 0.305 e. The van der Waals surface area contributed by atoms with Gasteiger partial charge in [0.2, 0.25) is 0 Å². The normalized spacial score (nSPS) is 24.3. The molecule has 5 nitrogen and oxygen atoms in total. The summed E-state index contributed by atoms with van der Waals surface area (Å²) in [5.41, 5.74) is 2.60. The highest BCUT2D eigenvalue weighted by molar-refractivity contribution is 7.11. The molecule has 1 aliphatic carbocycles. The van der Waals surface area contributed by atoms with Crippen LogP contribution < -0.4 is 0 Å². The summed E-state index contributed by atoms with van der Waals surface area (Å²) in [6.07, 6.45) is 11.3. The Morgan fingerprint density at radius 2 is 1.65 bits per heavy atom. The maximum absolute atomic E-state index is 12.0. The summed E-state index contributed by atoms with van der Waals surface area (Å²) >= 11 is 1.90. The van der Waals surface area contributed by atoms with E-state index in [1.807, 2.05) is 11.3 Å². The number of piperidine rings is 1. The molecule has 3 aliphatic rings. The second kappa shape index (κ2) is 12.5. The first-order valence-electron chi connectivity index (χ1n) is 15.3. The molecule has 6 heteroatoms. The van der Waals surface area contributed by atoms with Gasteiger partial charge in [0.25, 0.3) is 0 Å². The number of benzene rings is 2. The molecule has 1 saturated carbocycles. The molecule has 2 aliphatic heterocycles. The van der Waals surface area contributed by atoms with Crippen LogP contribution in [0.25, 0.3) is 0 Å². The van der Waals surface area contributed by atoms with Gasteiger partial charge >= 0.3 is 5.97 Å². The fourth-order valence-electron chi connectivity index (χ4n) is 7.70. The van der Waals surface area contributed by atoms with Crippen molar-refractivity contribution in [2.45, 2.75) is 75.2 Å². The second-order valence-corrected chi connectivity index (χ2v) is 13.6. The molecule has 3 aromatic rings. The van der Waals surface area contributed by atoms with E-state index >= 15 is 0 Å². The van der Waals surface area contributed by atoms with Gasteiger partial charge in [-0.1, -0.05) is 79.9 Å². The van der Waals surface area contributed by atoms with Crippen LogP contribution in [0.2, 0.25) is 0 Å². The molecule has 3 fully saturated rings. The number of thiazole rings is 1. The van der Waals surface area contributed by atoms with Crippen LogP contribution >= 0.6 is 11.3 Å². The van der Waals surface area contributed by atoms with E-state index in [0.29, 0.717) is 17.8 Å². The summed E-state index contributed by atoms with van der Waals surface area (Å²) in [7, 11) is 0. The summed E-state index contributed by atoms with van der Waals surface area (Å²) in [5.74, 6) is 0.921. The molecule has 3 heterocycles. The topological polar surface area (TPSA) is 56.7 Å². The minimum absolute atomic E-state index is 0.166. The number of carboxylic acid groups (broad SMARTS) is 1. The van der Waals surface area contributed by atoms with Crippen LogP contribution in [0.15, 0.2) is 66.9 Å². The third-order valence-corrected chi connectivity index (χ3v) is 11.0. The molecular weight excluding hydrogens is 514 g/mol. The van der Waals surface area contributed by atoms with Crippen molar-refractivity contribution in [3.63, 3.8) is 0 Å². The Bertz CT molecular complexity index is 1230. The predicted molar refractivity (Wildman–Crippen MR) is 162 cm³/mol. The Kier molecular flexibility index (Phi) is 8.66. The third kappa shape index (κ3) is 6.35. The van der Waals surface area contributed by atoms with Crippen molar-refractivity contribution in [1.29, 1.82) is 0 Å². The molecule has 0 bridgehead atoms. The zero-order valence-corrected chi connectivity index (χ0v) is 24.4. The summed E-state index contributed by atoms with van der Waals surface area (Å²) in [6, 6.07) is 21.7. The van der Waals surface area contributed by atoms with Crippen molar-refractivity contribution in [3.8, 4) is 0 Å². The number of carboxylic acids is 1. The van der Waals surface area contributed by atoms with Gasteiger partial charge in [-0.05, 0) is 55.8 Å². The predicted octanol–water partition coefficient (Wildman–Crippen LogP) is 6.81. The van der Waals surface area contributed by atoms with E-state index < -0.39 is 5.97 Å². The van der Waals surface area contributed by atoms with Crippen molar-refractivity contribution >= 4 is 17.3 Å². The van der Waals surface area contributed by atoms with Crippen molar-refractivity contribution in [2.24, 2.45) is 5.92 Å². The fourth-order valence-corrected chi connectivity index (χ4v) is 8.82. The Morgan fingerprint density at radius 1 is 0.950 bits per heavy atom. The number of hydrogen-bond donors (Lipinski definition) is 1. The minimum atomic E-state index is -0.641. The van der Waals surface area contributed by atoms with Crippen molar-refractivity contribution in [3.05, 3.63) is 87.9 Å². The number of aliphatic carboxylic acids is 1. The number of likely N-dealkylation sites (tertiary alicyclic amines) is 2. The van der Waals surface area contributed by atoms with Gasteiger partial charge in [-0.25, -0.2) is 4.98 Å². The van der Waals surface area contributed by atoms with E-state index in [2.05, 4.69) is 76.7 Å². The van der Waals surface area contributed by atoms with Gasteiger partial charge in [0.05, 0.1) is 11.4 Å². The van der Waals surface area contributed by atoms with Gasteiger partial charge in [-0.2, -0.15) is 0 Å². The number of nitrogens with zero attached hydrogens (tertiary/aromatic N) is 3. The van der Waals surface area contributed by atoms with Crippen LogP contribution in [-0.4, -0.2) is 64.1 Å². The van der Waals surface area contributed by atoms with Crippen LogP contribution in [0.3, 0.4) is 0 Å². The fraction of sp³-hybridized carbons (Fsp3) is 0.529. The Balaban J connectivity index is 1.10. The number of aromatic nitrogens is 1. The van der Waals surface area contributed by atoms with Crippen LogP contribution in [-0.2, 0) is 11.2 Å². The molecule has 6 rings (SSSR count). The lowest BCUT2D eigenvalue weighted by molar-refractivity contribution is -0.141. The van der Waals surface area contributed by atoms with E-state index in [1.54, 1.807) is 0 Å². The zero-order chi connectivity index (χ0) is 27.4. The molecule has 212 valence electrons. The minimum Gasteiger partial charge on any atom is -0.481 e. The van der Waals surface area contributed by atoms with E-state index in [4.69, 9.17) is 4.98 Å². The van der Waals surface area contributed by atoms with E-state index in [1.165, 1.54) is 40.3 Å². The number of rotatable bonds is 9. The van der Waals surface area contributed by atoms with Gasteiger partial charge in [-0.15, -0.1) is 11.3 Å². The Hall–Kier alpha value is -2.54. The number of hydrogen-bond acceptors (Lipinski definition) is 5. The molecule has 1 aromatic heterocycles. The first kappa shape index (κ1) is 27.6. The third-order valence-electron chi connectivity index (χ3n) is 9.83. The standard InChI is InChI=1S/C34H43N3O2S/c38-32(39)21-34(16-8-3-9-17-34)37-24-29(31(25-37)27-12-6-2-7-13-27)23-36-18-14-28(15-19-36)33-35-22-30(40-33)20-26-10-4-1-5-11-26/h1-2,4-7,10-13,22,28-29,31H,3,8-9,14-21,23-25H2,(H,38,39). The van der Waals surface area contributed by atoms with Crippen molar-refractivity contribution in [1.82, 2.24) is 14.8 Å². The van der Waals surface area contributed by atoms with Gasteiger partial charge in [0, 0.05) is 54.5 Å². The second-order valence-electron chi connectivity index (χ2n) is 12.4. The zero-order valence-electron chi connectivity index (χ0n) is 23.6. The number of carbonyl (C=O) groups is 1. The summed E-state index contributed by atoms with van der Waals surface area (Å²) in [6.45, 7) is 5.35. The van der Waals surface area contributed by atoms with Crippen LogP contribution in [0, 0.1) is 5.92 Å². The van der Waals surface area contributed by atoms with E-state index in [0.717, 1.165) is 64.8 Å². The van der Waals surface area contributed by atoms with E-state index in [9.17, 15) is 9.90 Å². The van der Waals surface area contributed by atoms with Gasteiger partial charge < -0.3 is 10.0 Å². The van der Waals surface area contributed by atoms with Crippen LogP contribution in [0.1, 0.15) is 84.2 Å². The molecule has 2 aromatic carbocycles. The van der Waals surface area contributed by atoms with Crippen LogP contribution in [0.5, 0.6) is 0 Å². The molecule has 2 unspecified atom stereocenters. The average molecular weight is 558 g/mol. The lowest BCUT2D eigenvalue weighted by Crippen LogP contribution is -2.50. The van der Waals surface area contributed by atoms with Gasteiger partial charge in [0.1, 0.15) is 0 Å². The highest BCUT2D eigenvalue weighted by Crippen LogP contribution is 2.44. The lowest BCUT2D eigenvalue weighted by atomic mass is 9.78.